The minimum Gasteiger partial charge on any atom is -0.344 e. The summed E-state index contributed by atoms with van der Waals surface area (Å²) in [7, 11) is -4.04. The largest absolute Gasteiger partial charge is 0.344 e. The molecular weight excluding hydrogens is 190 g/mol. The van der Waals surface area contributed by atoms with E-state index < -0.39 is 10.1 Å². The monoisotopic (exact) mass is 203 g/mol. The van der Waals surface area contributed by atoms with Gasteiger partial charge in [0.2, 0.25) is 0 Å². The predicted octanol–water partition coefficient (Wildman–Crippen LogP) is 1.71. The quantitative estimate of drug-likeness (QED) is 0.680. The van der Waals surface area contributed by atoms with Crippen molar-refractivity contribution < 1.29 is 13.0 Å². The molecule has 5 heteroatoms. The van der Waals surface area contributed by atoms with Crippen molar-refractivity contribution in [3.63, 3.8) is 0 Å². The van der Waals surface area contributed by atoms with Gasteiger partial charge in [-0.05, 0) is 37.1 Å². The highest BCUT2D eigenvalue weighted by atomic mass is 32.2. The van der Waals surface area contributed by atoms with Gasteiger partial charge in [0.15, 0.2) is 0 Å². The summed E-state index contributed by atoms with van der Waals surface area (Å²) in [6.45, 7) is 3.67. The molecule has 0 aromatic heterocycles. The van der Waals surface area contributed by atoms with Crippen LogP contribution in [-0.4, -0.2) is 13.0 Å². The van der Waals surface area contributed by atoms with Crippen LogP contribution in [0.1, 0.15) is 11.1 Å². The second kappa shape index (κ2) is 3.87. The average molecular weight is 203 g/mol. The molecule has 0 spiro atoms. The van der Waals surface area contributed by atoms with Crippen LogP contribution >= 0.6 is 0 Å². The van der Waals surface area contributed by atoms with E-state index in [1.54, 1.807) is 13.0 Å². The van der Waals surface area contributed by atoms with Gasteiger partial charge in [-0.3, -0.25) is 4.55 Å². The molecule has 0 saturated carbocycles. The van der Waals surface area contributed by atoms with Crippen LogP contribution in [0.4, 0.5) is 0 Å². The van der Waals surface area contributed by atoms with E-state index in [1.165, 1.54) is 12.1 Å². The summed E-state index contributed by atoms with van der Waals surface area (Å²) in [5, 5.41) is 0. The van der Waals surface area contributed by atoms with Crippen LogP contribution in [0, 0.1) is 13.8 Å². The third-order valence-corrected chi connectivity index (χ3v) is 2.63. The molecule has 4 nitrogen and oxygen atoms in total. The summed E-state index contributed by atoms with van der Waals surface area (Å²) in [5.41, 5.74) is 1.85. The van der Waals surface area contributed by atoms with Gasteiger partial charge in [0.1, 0.15) is 0 Å². The second-order valence-electron chi connectivity index (χ2n) is 2.72. The van der Waals surface area contributed by atoms with E-state index >= 15 is 0 Å². The molecule has 0 radical (unpaired) electrons. The third-order valence-electron chi connectivity index (χ3n) is 1.78. The van der Waals surface area contributed by atoms with Gasteiger partial charge in [-0.2, -0.15) is 8.42 Å². The number of hydrogen-bond donors (Lipinski definition) is 2. The van der Waals surface area contributed by atoms with Crippen molar-refractivity contribution in [2.45, 2.75) is 18.7 Å². The van der Waals surface area contributed by atoms with Crippen LogP contribution in [0.15, 0.2) is 23.1 Å². The van der Waals surface area contributed by atoms with Crippen LogP contribution in [0.3, 0.4) is 0 Å². The van der Waals surface area contributed by atoms with Crippen molar-refractivity contribution >= 4 is 10.1 Å². The predicted molar refractivity (Wildman–Crippen MR) is 50.8 cm³/mol. The summed E-state index contributed by atoms with van der Waals surface area (Å²) < 4.78 is 30.0. The summed E-state index contributed by atoms with van der Waals surface area (Å²) >= 11 is 0. The molecule has 0 atom stereocenters. The van der Waals surface area contributed by atoms with Crippen LogP contribution in [-0.2, 0) is 10.1 Å². The molecule has 0 saturated heterocycles. The first-order valence-electron chi connectivity index (χ1n) is 3.46. The Morgan fingerprint density at radius 1 is 1.15 bits per heavy atom. The Balaban J connectivity index is 0.00000144. The lowest BCUT2D eigenvalue weighted by Crippen LogP contribution is -1.98. The third kappa shape index (κ3) is 2.80. The molecule has 1 aromatic carbocycles. The molecule has 0 aliphatic rings. The Kier molecular flexibility index (Phi) is 3.60. The molecule has 0 fully saturated rings. The van der Waals surface area contributed by atoms with Crippen LogP contribution in [0.5, 0.6) is 0 Å². The smallest absolute Gasteiger partial charge is 0.294 e. The summed E-state index contributed by atoms with van der Waals surface area (Å²) in [5.74, 6) is 0. The number of hydrogen-bond acceptors (Lipinski definition) is 3. The number of aryl methyl sites for hydroxylation is 2. The first kappa shape index (κ1) is 12.1. The molecule has 0 aliphatic heterocycles. The van der Waals surface area contributed by atoms with Crippen molar-refractivity contribution in [1.82, 2.24) is 6.15 Å². The van der Waals surface area contributed by atoms with Crippen molar-refractivity contribution in [3.8, 4) is 0 Å². The fourth-order valence-corrected chi connectivity index (χ4v) is 1.44. The highest BCUT2D eigenvalue weighted by molar-refractivity contribution is 7.85. The normalized spacial score (nSPS) is 10.7. The fraction of sp³-hybridized carbons (Fsp3) is 0.250. The molecule has 4 N–H and O–H groups in total. The fourth-order valence-electron chi connectivity index (χ4n) is 0.874. The molecule has 0 amide bonds. The van der Waals surface area contributed by atoms with E-state index in [1.807, 2.05) is 6.92 Å². The zero-order valence-corrected chi connectivity index (χ0v) is 8.43. The summed E-state index contributed by atoms with van der Waals surface area (Å²) in [6, 6.07) is 4.50. The van der Waals surface area contributed by atoms with E-state index in [0.717, 1.165) is 11.1 Å². The van der Waals surface area contributed by atoms with Crippen LogP contribution < -0.4 is 6.15 Å². The Hall–Kier alpha value is -0.910. The Morgan fingerprint density at radius 3 is 2.08 bits per heavy atom. The first-order valence-corrected chi connectivity index (χ1v) is 4.90. The molecule has 0 bridgehead atoms. The van der Waals surface area contributed by atoms with E-state index in [0.29, 0.717) is 0 Å². The van der Waals surface area contributed by atoms with Crippen LogP contribution in [0.2, 0.25) is 0 Å². The molecule has 0 heterocycles. The van der Waals surface area contributed by atoms with Crippen molar-refractivity contribution in [2.24, 2.45) is 0 Å². The summed E-state index contributed by atoms with van der Waals surface area (Å²) in [4.78, 5) is -0.0504. The van der Waals surface area contributed by atoms with Gasteiger partial charge in [-0.1, -0.05) is 6.07 Å². The lowest BCUT2D eigenvalue weighted by Gasteiger charge is -2.01. The maximum Gasteiger partial charge on any atom is 0.294 e. The highest BCUT2D eigenvalue weighted by Gasteiger charge is 2.08. The SMILES string of the molecule is Cc1ccc(S(=O)(=O)O)cc1C.N. The second-order valence-corrected chi connectivity index (χ2v) is 4.14. The zero-order valence-electron chi connectivity index (χ0n) is 7.61. The maximum atomic E-state index is 10.7. The summed E-state index contributed by atoms with van der Waals surface area (Å²) in [6.07, 6.45) is 0. The molecule has 74 valence electrons. The van der Waals surface area contributed by atoms with Crippen molar-refractivity contribution in [2.75, 3.05) is 0 Å². The lowest BCUT2D eigenvalue weighted by atomic mass is 10.1. The van der Waals surface area contributed by atoms with Gasteiger partial charge in [0.05, 0.1) is 4.90 Å². The van der Waals surface area contributed by atoms with Gasteiger partial charge in [-0.25, -0.2) is 0 Å². The molecule has 0 aliphatic carbocycles. The molecule has 1 rings (SSSR count). The van der Waals surface area contributed by atoms with Gasteiger partial charge in [0, 0.05) is 0 Å². The average Bonchev–Trinajstić information content (AvgIpc) is 1.92. The molecule has 0 unspecified atom stereocenters. The van der Waals surface area contributed by atoms with Gasteiger partial charge in [0.25, 0.3) is 10.1 Å². The van der Waals surface area contributed by atoms with E-state index in [-0.39, 0.29) is 11.0 Å². The lowest BCUT2D eigenvalue weighted by molar-refractivity contribution is 0.483. The number of rotatable bonds is 1. The van der Waals surface area contributed by atoms with Gasteiger partial charge < -0.3 is 6.15 Å². The zero-order chi connectivity index (χ0) is 9.35. The minimum absolute atomic E-state index is 0. The topological polar surface area (TPSA) is 89.4 Å². The molecular formula is C8H13NO3S. The Labute approximate surface area is 77.9 Å². The molecule has 13 heavy (non-hydrogen) atoms. The van der Waals surface area contributed by atoms with E-state index in [9.17, 15) is 8.42 Å². The van der Waals surface area contributed by atoms with E-state index in [2.05, 4.69) is 0 Å². The molecule has 1 aromatic rings. The maximum absolute atomic E-state index is 10.7. The van der Waals surface area contributed by atoms with Gasteiger partial charge in [-0.15, -0.1) is 0 Å². The van der Waals surface area contributed by atoms with Gasteiger partial charge >= 0.3 is 0 Å². The minimum atomic E-state index is -4.04. The van der Waals surface area contributed by atoms with E-state index in [4.69, 9.17) is 4.55 Å². The van der Waals surface area contributed by atoms with Crippen molar-refractivity contribution in [3.05, 3.63) is 29.3 Å². The Bertz CT molecular complexity index is 398. The number of benzene rings is 1. The highest BCUT2D eigenvalue weighted by Crippen LogP contribution is 2.13. The Morgan fingerprint density at radius 2 is 1.69 bits per heavy atom. The van der Waals surface area contributed by atoms with Crippen molar-refractivity contribution in [1.29, 1.82) is 0 Å². The van der Waals surface area contributed by atoms with Crippen LogP contribution in [0.25, 0.3) is 0 Å². The first-order chi connectivity index (χ1) is 5.41. The standard InChI is InChI=1S/C8H10O3S.H3N/c1-6-3-4-8(5-7(6)2)12(9,10)11;/h3-5H,1-2H3,(H,9,10,11);1H3.